The number of hydrogen-bond acceptors (Lipinski definition) is 2. The maximum atomic E-state index is 12.8. The zero-order valence-corrected chi connectivity index (χ0v) is 12.5. The summed E-state index contributed by atoms with van der Waals surface area (Å²) in [4.78, 5) is 14.6. The van der Waals surface area contributed by atoms with E-state index in [9.17, 15) is 4.79 Å². The predicted molar refractivity (Wildman–Crippen MR) is 79.4 cm³/mol. The molecule has 2 heterocycles. The summed E-state index contributed by atoms with van der Waals surface area (Å²) >= 11 is 6.23. The van der Waals surface area contributed by atoms with Crippen LogP contribution in [-0.4, -0.2) is 21.7 Å². The van der Waals surface area contributed by atoms with Crippen molar-refractivity contribution in [1.29, 1.82) is 0 Å². The van der Waals surface area contributed by atoms with Gasteiger partial charge in [-0.3, -0.25) is 9.48 Å². The molecule has 1 aromatic heterocycles. The Hall–Kier alpha value is -1.81. The second-order valence-corrected chi connectivity index (χ2v) is 5.61. The fraction of sp³-hybridized carbons (Fsp3) is 0.333. The van der Waals surface area contributed by atoms with Crippen molar-refractivity contribution < 1.29 is 4.79 Å². The number of nitrogens with zero attached hydrogens (tertiary/aromatic N) is 3. The first-order chi connectivity index (χ1) is 9.50. The van der Waals surface area contributed by atoms with Crippen LogP contribution in [0.25, 0.3) is 0 Å². The smallest absolute Gasteiger partial charge is 0.280 e. The van der Waals surface area contributed by atoms with Gasteiger partial charge >= 0.3 is 0 Å². The molecule has 1 aliphatic heterocycles. The molecule has 0 fully saturated rings. The van der Waals surface area contributed by atoms with E-state index in [0.29, 0.717) is 10.7 Å². The molecule has 2 aromatic rings. The molecular formula is C15H16ClN3O. The monoisotopic (exact) mass is 289 g/mol. The Morgan fingerprint density at radius 1 is 1.40 bits per heavy atom. The van der Waals surface area contributed by atoms with Crippen molar-refractivity contribution in [1.82, 2.24) is 9.78 Å². The number of aryl methyl sites for hydroxylation is 1. The van der Waals surface area contributed by atoms with Crippen LogP contribution < -0.4 is 4.90 Å². The number of benzene rings is 1. The molecule has 0 bridgehead atoms. The number of fused-ring (bicyclic) bond motifs is 1. The second kappa shape index (κ2) is 4.63. The van der Waals surface area contributed by atoms with Crippen LogP contribution in [0.15, 0.2) is 24.3 Å². The van der Waals surface area contributed by atoms with Crippen molar-refractivity contribution >= 4 is 23.2 Å². The molecule has 3 rings (SSSR count). The summed E-state index contributed by atoms with van der Waals surface area (Å²) in [6, 6.07) is 8.10. The number of carbonyl (C=O) groups excluding carboxylic acids is 1. The highest BCUT2D eigenvalue weighted by molar-refractivity contribution is 6.35. The highest BCUT2D eigenvalue weighted by Crippen LogP contribution is 2.34. The summed E-state index contributed by atoms with van der Waals surface area (Å²) in [5.74, 6) is -0.129. The molecular weight excluding hydrogens is 274 g/mol. The van der Waals surface area contributed by atoms with Gasteiger partial charge in [0.2, 0.25) is 0 Å². The van der Waals surface area contributed by atoms with E-state index in [4.69, 9.17) is 11.6 Å². The summed E-state index contributed by atoms with van der Waals surface area (Å²) in [6.07, 6.45) is 0.866. The van der Waals surface area contributed by atoms with Gasteiger partial charge in [0.15, 0.2) is 5.69 Å². The van der Waals surface area contributed by atoms with Crippen LogP contribution in [0.2, 0.25) is 5.02 Å². The average Bonchev–Trinajstić information content (AvgIpc) is 2.89. The topological polar surface area (TPSA) is 38.1 Å². The number of hydrogen-bond donors (Lipinski definition) is 0. The molecule has 4 nitrogen and oxygen atoms in total. The molecule has 0 aliphatic carbocycles. The number of halogens is 1. The predicted octanol–water partition coefficient (Wildman–Crippen LogP) is 2.97. The maximum absolute atomic E-state index is 12.8. The summed E-state index contributed by atoms with van der Waals surface area (Å²) in [5, 5.41) is 4.69. The highest BCUT2D eigenvalue weighted by atomic mass is 35.5. The van der Waals surface area contributed by atoms with Gasteiger partial charge in [0.25, 0.3) is 5.91 Å². The van der Waals surface area contributed by atoms with E-state index in [1.165, 1.54) is 5.56 Å². The molecule has 1 atom stereocenters. The third-order valence-corrected chi connectivity index (χ3v) is 4.34. The summed E-state index contributed by atoms with van der Waals surface area (Å²) in [7, 11) is 1.79. The van der Waals surface area contributed by atoms with E-state index in [-0.39, 0.29) is 11.9 Å². The van der Waals surface area contributed by atoms with Crippen LogP contribution in [0.3, 0.4) is 0 Å². The van der Waals surface area contributed by atoms with Crippen molar-refractivity contribution in [2.45, 2.75) is 26.3 Å². The van der Waals surface area contributed by atoms with Gasteiger partial charge in [0.05, 0.1) is 10.7 Å². The minimum atomic E-state index is -0.129. The van der Waals surface area contributed by atoms with Crippen molar-refractivity contribution in [3.05, 3.63) is 46.2 Å². The molecule has 0 N–H and O–H groups in total. The van der Waals surface area contributed by atoms with Gasteiger partial charge < -0.3 is 4.90 Å². The van der Waals surface area contributed by atoms with Gasteiger partial charge in [0.1, 0.15) is 0 Å². The molecule has 0 spiro atoms. The van der Waals surface area contributed by atoms with E-state index in [1.54, 1.807) is 16.6 Å². The van der Waals surface area contributed by atoms with Crippen molar-refractivity contribution in [2.24, 2.45) is 7.05 Å². The Morgan fingerprint density at radius 2 is 2.10 bits per heavy atom. The Labute approximate surface area is 123 Å². The number of rotatable bonds is 1. The molecule has 20 heavy (non-hydrogen) atoms. The van der Waals surface area contributed by atoms with Gasteiger partial charge in [-0.15, -0.1) is 0 Å². The van der Waals surface area contributed by atoms with Crippen LogP contribution in [0, 0.1) is 6.92 Å². The van der Waals surface area contributed by atoms with Crippen LogP contribution in [-0.2, 0) is 13.5 Å². The SMILES string of the molecule is Cc1c(Cl)c(C(=O)N2c3ccccc3C[C@H]2C)nn1C. The van der Waals surface area contributed by atoms with E-state index >= 15 is 0 Å². The van der Waals surface area contributed by atoms with E-state index in [1.807, 2.05) is 32.0 Å². The lowest BCUT2D eigenvalue weighted by molar-refractivity contribution is 0.0976. The molecule has 1 aliphatic rings. The minimum absolute atomic E-state index is 0.123. The van der Waals surface area contributed by atoms with Crippen LogP contribution in [0.5, 0.6) is 0 Å². The average molecular weight is 290 g/mol. The van der Waals surface area contributed by atoms with Gasteiger partial charge in [0, 0.05) is 18.8 Å². The van der Waals surface area contributed by atoms with Crippen molar-refractivity contribution in [3.8, 4) is 0 Å². The normalized spacial score (nSPS) is 17.4. The van der Waals surface area contributed by atoms with Gasteiger partial charge in [-0.1, -0.05) is 29.8 Å². The summed E-state index contributed by atoms with van der Waals surface area (Å²) in [5.41, 5.74) is 3.28. The number of para-hydroxylation sites is 1. The number of anilines is 1. The molecule has 0 saturated carbocycles. The minimum Gasteiger partial charge on any atom is -0.304 e. The third-order valence-electron chi connectivity index (χ3n) is 3.89. The molecule has 0 radical (unpaired) electrons. The van der Waals surface area contributed by atoms with Crippen LogP contribution in [0.4, 0.5) is 5.69 Å². The van der Waals surface area contributed by atoms with Gasteiger partial charge in [-0.25, -0.2) is 0 Å². The molecule has 5 heteroatoms. The summed E-state index contributed by atoms with van der Waals surface area (Å²) < 4.78 is 1.64. The molecule has 104 valence electrons. The first kappa shape index (κ1) is 13.2. The Bertz CT molecular complexity index is 692. The molecule has 1 amide bonds. The number of amides is 1. The van der Waals surface area contributed by atoms with Crippen LogP contribution >= 0.6 is 11.6 Å². The Kier molecular flexibility index (Phi) is 3.05. The zero-order valence-electron chi connectivity index (χ0n) is 11.7. The Morgan fingerprint density at radius 3 is 2.75 bits per heavy atom. The quantitative estimate of drug-likeness (QED) is 0.809. The number of carbonyl (C=O) groups is 1. The molecule has 0 unspecified atom stereocenters. The van der Waals surface area contributed by atoms with Gasteiger partial charge in [-0.05, 0) is 31.9 Å². The van der Waals surface area contributed by atoms with Crippen molar-refractivity contribution in [3.63, 3.8) is 0 Å². The van der Waals surface area contributed by atoms with Gasteiger partial charge in [-0.2, -0.15) is 5.10 Å². The Balaban J connectivity index is 2.05. The number of aromatic nitrogens is 2. The first-order valence-corrected chi connectivity index (χ1v) is 6.99. The highest BCUT2D eigenvalue weighted by Gasteiger charge is 2.33. The zero-order chi connectivity index (χ0) is 14.4. The maximum Gasteiger partial charge on any atom is 0.280 e. The molecule has 0 saturated heterocycles. The third kappa shape index (κ3) is 1.83. The standard InChI is InChI=1S/C15H16ClN3O/c1-9-8-11-6-4-5-7-12(11)19(9)15(20)14-13(16)10(2)18(3)17-14/h4-7,9H,8H2,1-3H3/t9-/m1/s1. The fourth-order valence-electron chi connectivity index (χ4n) is 2.71. The summed E-state index contributed by atoms with van der Waals surface area (Å²) in [6.45, 7) is 3.90. The lowest BCUT2D eigenvalue weighted by atomic mass is 10.1. The first-order valence-electron chi connectivity index (χ1n) is 6.61. The second-order valence-electron chi connectivity index (χ2n) is 5.23. The van der Waals surface area contributed by atoms with Crippen LogP contribution in [0.1, 0.15) is 28.7 Å². The van der Waals surface area contributed by atoms with E-state index < -0.39 is 0 Å². The molecule has 1 aromatic carbocycles. The van der Waals surface area contributed by atoms with Crippen molar-refractivity contribution in [2.75, 3.05) is 4.90 Å². The van der Waals surface area contributed by atoms with E-state index in [2.05, 4.69) is 11.2 Å². The lowest BCUT2D eigenvalue weighted by Gasteiger charge is -2.21. The fourth-order valence-corrected chi connectivity index (χ4v) is 2.95. The van der Waals surface area contributed by atoms with E-state index in [0.717, 1.165) is 17.8 Å². The lowest BCUT2D eigenvalue weighted by Crippen LogP contribution is -2.36. The largest absolute Gasteiger partial charge is 0.304 e.